The van der Waals surface area contributed by atoms with Gasteiger partial charge in [0, 0.05) is 38.1 Å². The summed E-state index contributed by atoms with van der Waals surface area (Å²) in [6.45, 7) is 4.55. The lowest BCUT2D eigenvalue weighted by atomic mass is 10.3. The molecule has 2 heterocycles. The van der Waals surface area contributed by atoms with Crippen LogP contribution in [0, 0.1) is 6.92 Å². The Morgan fingerprint density at radius 2 is 2.14 bits per heavy atom. The molecule has 0 saturated heterocycles. The highest BCUT2D eigenvalue weighted by molar-refractivity contribution is 7.89. The maximum atomic E-state index is 12.4. The smallest absolute Gasteiger partial charge is 0.260 e. The van der Waals surface area contributed by atoms with Gasteiger partial charge >= 0.3 is 0 Å². The molecule has 0 unspecified atom stereocenters. The highest BCUT2D eigenvalue weighted by Gasteiger charge is 2.20. The number of sulfonamides is 1. The van der Waals surface area contributed by atoms with E-state index in [9.17, 15) is 8.42 Å². The van der Waals surface area contributed by atoms with Crippen molar-refractivity contribution in [3.05, 3.63) is 35.8 Å². The largest absolute Gasteiger partial charge is 0.383 e. The van der Waals surface area contributed by atoms with E-state index in [1.165, 1.54) is 6.20 Å². The van der Waals surface area contributed by atoms with Gasteiger partial charge in [0.15, 0.2) is 5.03 Å². The highest BCUT2D eigenvalue weighted by Crippen LogP contribution is 2.18. The zero-order chi connectivity index (χ0) is 15.5. The number of hydrogen-bond donors (Lipinski definition) is 2. The van der Waals surface area contributed by atoms with Crippen LogP contribution < -0.4 is 10.0 Å². The molecule has 2 N–H and O–H groups in total. The molecule has 114 valence electrons. The molecule has 0 spiro atoms. The van der Waals surface area contributed by atoms with E-state index in [0.717, 1.165) is 11.3 Å². The number of nitrogens with zero attached hydrogens (tertiary/aromatic N) is 3. The molecule has 7 nitrogen and oxygen atoms in total. The van der Waals surface area contributed by atoms with Gasteiger partial charge in [-0.25, -0.2) is 18.1 Å². The lowest BCUT2D eigenvalue weighted by molar-refractivity contribution is 0.577. The van der Waals surface area contributed by atoms with E-state index in [0.29, 0.717) is 12.2 Å². The van der Waals surface area contributed by atoms with Crippen molar-refractivity contribution in [3.8, 4) is 0 Å². The van der Waals surface area contributed by atoms with Gasteiger partial charge in [0.1, 0.15) is 0 Å². The van der Waals surface area contributed by atoms with Crippen molar-refractivity contribution in [2.45, 2.75) is 25.4 Å². The number of anilines is 1. The SMILES string of the molecule is CCNc1cccnc1S(=O)(=O)NCc1cn(C)nc1C. The Morgan fingerprint density at radius 3 is 2.76 bits per heavy atom. The summed E-state index contributed by atoms with van der Waals surface area (Å²) in [5.41, 5.74) is 2.13. The fraction of sp³-hybridized carbons (Fsp3) is 0.385. The zero-order valence-corrected chi connectivity index (χ0v) is 13.1. The summed E-state index contributed by atoms with van der Waals surface area (Å²) >= 11 is 0. The Kier molecular flexibility index (Phi) is 4.59. The van der Waals surface area contributed by atoms with E-state index in [-0.39, 0.29) is 11.6 Å². The van der Waals surface area contributed by atoms with Gasteiger partial charge in [0.05, 0.1) is 11.4 Å². The van der Waals surface area contributed by atoms with Crippen LogP contribution in [0.25, 0.3) is 0 Å². The molecule has 2 rings (SSSR count). The molecule has 0 amide bonds. The number of aromatic nitrogens is 3. The summed E-state index contributed by atoms with van der Waals surface area (Å²) in [4.78, 5) is 3.98. The second kappa shape index (κ2) is 6.23. The Bertz CT molecular complexity index is 724. The minimum atomic E-state index is -3.68. The summed E-state index contributed by atoms with van der Waals surface area (Å²) < 4.78 is 29.0. The van der Waals surface area contributed by atoms with Crippen LogP contribution in [0.1, 0.15) is 18.2 Å². The second-order valence-electron chi connectivity index (χ2n) is 4.62. The van der Waals surface area contributed by atoms with Crippen LogP contribution in [0.4, 0.5) is 5.69 Å². The van der Waals surface area contributed by atoms with E-state index in [1.807, 2.05) is 13.8 Å². The molecule has 8 heteroatoms. The summed E-state index contributed by atoms with van der Waals surface area (Å²) in [5.74, 6) is 0. The van der Waals surface area contributed by atoms with E-state index in [1.54, 1.807) is 30.1 Å². The molecule has 0 saturated carbocycles. The first-order valence-electron chi connectivity index (χ1n) is 6.61. The molecule has 0 bridgehead atoms. The van der Waals surface area contributed by atoms with Crippen LogP contribution in [0.2, 0.25) is 0 Å². The van der Waals surface area contributed by atoms with Gasteiger partial charge < -0.3 is 5.32 Å². The minimum Gasteiger partial charge on any atom is -0.383 e. The number of aryl methyl sites for hydroxylation is 2. The Morgan fingerprint density at radius 1 is 1.38 bits per heavy atom. The van der Waals surface area contributed by atoms with Gasteiger partial charge in [-0.05, 0) is 26.0 Å². The van der Waals surface area contributed by atoms with E-state index in [4.69, 9.17) is 0 Å². The van der Waals surface area contributed by atoms with Crippen molar-refractivity contribution < 1.29 is 8.42 Å². The lowest BCUT2D eigenvalue weighted by Gasteiger charge is -2.10. The van der Waals surface area contributed by atoms with Crippen molar-refractivity contribution in [2.75, 3.05) is 11.9 Å². The third kappa shape index (κ3) is 3.59. The second-order valence-corrected chi connectivity index (χ2v) is 6.31. The molecule has 2 aromatic heterocycles. The molecule has 0 aliphatic rings. The van der Waals surface area contributed by atoms with Crippen LogP contribution >= 0.6 is 0 Å². The molecule has 0 aliphatic carbocycles. The molecular weight excluding hydrogens is 290 g/mol. The first-order chi connectivity index (χ1) is 9.94. The van der Waals surface area contributed by atoms with Gasteiger partial charge in [-0.2, -0.15) is 5.10 Å². The molecule has 0 aromatic carbocycles. The molecule has 0 aliphatic heterocycles. The Hall–Kier alpha value is -1.93. The van der Waals surface area contributed by atoms with Crippen molar-refractivity contribution in [1.82, 2.24) is 19.5 Å². The van der Waals surface area contributed by atoms with Crippen molar-refractivity contribution >= 4 is 15.7 Å². The van der Waals surface area contributed by atoms with E-state index < -0.39 is 10.0 Å². The van der Waals surface area contributed by atoms with Crippen molar-refractivity contribution in [2.24, 2.45) is 7.05 Å². The highest BCUT2D eigenvalue weighted by atomic mass is 32.2. The van der Waals surface area contributed by atoms with Crippen molar-refractivity contribution in [3.63, 3.8) is 0 Å². The van der Waals surface area contributed by atoms with Crippen molar-refractivity contribution in [1.29, 1.82) is 0 Å². The van der Waals surface area contributed by atoms with Crippen LogP contribution in [-0.4, -0.2) is 29.7 Å². The fourth-order valence-electron chi connectivity index (χ4n) is 1.99. The van der Waals surface area contributed by atoms with E-state index in [2.05, 4.69) is 20.1 Å². The van der Waals surface area contributed by atoms with Crippen LogP contribution in [0.3, 0.4) is 0 Å². The van der Waals surface area contributed by atoms with Gasteiger partial charge in [-0.3, -0.25) is 4.68 Å². The quantitative estimate of drug-likeness (QED) is 0.832. The Balaban J connectivity index is 2.21. The number of pyridine rings is 1. The normalized spacial score (nSPS) is 11.6. The summed E-state index contributed by atoms with van der Waals surface area (Å²) in [6, 6.07) is 3.39. The number of hydrogen-bond acceptors (Lipinski definition) is 5. The van der Waals surface area contributed by atoms with Gasteiger partial charge in [0.25, 0.3) is 10.0 Å². The first kappa shape index (κ1) is 15.5. The van der Waals surface area contributed by atoms with Crippen LogP contribution in [0.5, 0.6) is 0 Å². The molecule has 21 heavy (non-hydrogen) atoms. The van der Waals surface area contributed by atoms with Crippen LogP contribution in [-0.2, 0) is 23.6 Å². The Labute approximate surface area is 124 Å². The van der Waals surface area contributed by atoms with Crippen LogP contribution in [0.15, 0.2) is 29.6 Å². The standard InChI is InChI=1S/C13H19N5O2S/c1-4-14-12-6-5-7-15-13(12)21(19,20)16-8-11-9-18(3)17-10(11)2/h5-7,9,14,16H,4,8H2,1-3H3. The molecule has 2 aromatic rings. The maximum Gasteiger partial charge on any atom is 0.260 e. The third-order valence-electron chi connectivity index (χ3n) is 2.96. The van der Waals surface area contributed by atoms with Gasteiger partial charge in [0.2, 0.25) is 0 Å². The molecule has 0 atom stereocenters. The lowest BCUT2D eigenvalue weighted by Crippen LogP contribution is -2.25. The topological polar surface area (TPSA) is 88.9 Å². The first-order valence-corrected chi connectivity index (χ1v) is 8.10. The summed E-state index contributed by atoms with van der Waals surface area (Å²) in [6.07, 6.45) is 3.26. The fourth-order valence-corrected chi connectivity index (χ4v) is 3.10. The third-order valence-corrected chi connectivity index (χ3v) is 4.32. The zero-order valence-electron chi connectivity index (χ0n) is 12.3. The monoisotopic (exact) mass is 309 g/mol. The van der Waals surface area contributed by atoms with Gasteiger partial charge in [-0.15, -0.1) is 0 Å². The summed E-state index contributed by atoms with van der Waals surface area (Å²) in [7, 11) is -1.88. The predicted octanol–water partition coefficient (Wildman–Crippen LogP) is 1.03. The maximum absolute atomic E-state index is 12.4. The predicted molar refractivity (Wildman–Crippen MR) is 80.4 cm³/mol. The molecule has 0 radical (unpaired) electrons. The average Bonchev–Trinajstić information content (AvgIpc) is 2.76. The molecule has 0 fully saturated rings. The number of nitrogens with one attached hydrogen (secondary N) is 2. The van der Waals surface area contributed by atoms with Gasteiger partial charge in [-0.1, -0.05) is 0 Å². The summed E-state index contributed by atoms with van der Waals surface area (Å²) in [5, 5.41) is 7.19. The van der Waals surface area contributed by atoms with E-state index >= 15 is 0 Å². The molecular formula is C13H19N5O2S. The average molecular weight is 309 g/mol. The minimum absolute atomic E-state index is 0.00777. The number of rotatable bonds is 6.